The summed E-state index contributed by atoms with van der Waals surface area (Å²) in [5.74, 6) is -1.29. The first-order valence-corrected chi connectivity index (χ1v) is 11.1. The van der Waals surface area contributed by atoms with E-state index in [-0.39, 0.29) is 35.8 Å². The summed E-state index contributed by atoms with van der Waals surface area (Å²) < 4.78 is 43.7. The Kier molecular flexibility index (Phi) is 6.86. The number of aromatic nitrogens is 4. The summed E-state index contributed by atoms with van der Waals surface area (Å²) in [6.45, 7) is 1.66. The number of imidazole rings is 2. The summed E-state index contributed by atoms with van der Waals surface area (Å²) >= 11 is 0. The summed E-state index contributed by atoms with van der Waals surface area (Å²) in [5, 5.41) is 11.6. The summed E-state index contributed by atoms with van der Waals surface area (Å²) in [4.78, 5) is 32.7. The van der Waals surface area contributed by atoms with Gasteiger partial charge in [0.05, 0.1) is 29.5 Å². The Balaban J connectivity index is 1.68. The van der Waals surface area contributed by atoms with E-state index < -0.39 is 23.6 Å². The van der Waals surface area contributed by atoms with Crippen LogP contribution < -0.4 is 11.1 Å². The number of aliphatic hydroxyl groups excluding tert-OH is 1. The molecular weight excluding hydrogens is 489 g/mol. The number of halogens is 3. The third-order valence-corrected chi connectivity index (χ3v) is 5.79. The minimum absolute atomic E-state index is 0.0439. The van der Waals surface area contributed by atoms with Crippen LogP contribution in [0.15, 0.2) is 55.1 Å². The first-order valence-electron chi connectivity index (χ1n) is 11.1. The highest BCUT2D eigenvalue weighted by Crippen LogP contribution is 2.33. The van der Waals surface area contributed by atoms with Gasteiger partial charge in [0.1, 0.15) is 0 Å². The largest absolute Gasteiger partial charge is 0.416 e. The third kappa shape index (κ3) is 5.38. The van der Waals surface area contributed by atoms with Gasteiger partial charge in [-0.05, 0) is 42.8 Å². The number of amides is 2. The van der Waals surface area contributed by atoms with E-state index >= 15 is 0 Å². The quantitative estimate of drug-likeness (QED) is 0.349. The van der Waals surface area contributed by atoms with Crippen molar-refractivity contribution in [3.8, 4) is 16.9 Å². The van der Waals surface area contributed by atoms with Crippen LogP contribution in [-0.2, 0) is 19.6 Å². The molecule has 12 heteroatoms. The lowest BCUT2D eigenvalue weighted by molar-refractivity contribution is -0.137. The van der Waals surface area contributed by atoms with E-state index in [0.29, 0.717) is 17.0 Å². The maximum absolute atomic E-state index is 13.6. The first-order chi connectivity index (χ1) is 17.5. The number of hydrogen-bond donors (Lipinski definition) is 3. The van der Waals surface area contributed by atoms with Crippen molar-refractivity contribution in [1.82, 2.24) is 19.1 Å². The molecule has 0 bridgehead atoms. The number of aliphatic hydroxyl groups is 1. The van der Waals surface area contributed by atoms with E-state index in [1.807, 2.05) is 6.92 Å². The van der Waals surface area contributed by atoms with Crippen LogP contribution in [-0.4, -0.2) is 42.6 Å². The fourth-order valence-electron chi connectivity index (χ4n) is 3.88. The molecular formula is C25H23F3N6O3. The molecule has 0 saturated carbocycles. The average molecular weight is 512 g/mol. The van der Waals surface area contributed by atoms with E-state index in [0.717, 1.165) is 17.7 Å². The first kappa shape index (κ1) is 25.6. The van der Waals surface area contributed by atoms with Crippen molar-refractivity contribution in [1.29, 1.82) is 0 Å². The van der Waals surface area contributed by atoms with E-state index in [9.17, 15) is 22.8 Å². The predicted molar refractivity (Wildman–Crippen MR) is 129 cm³/mol. The number of aryl methyl sites for hydroxylation is 1. The second kappa shape index (κ2) is 9.90. The Bertz CT molecular complexity index is 1490. The number of rotatable bonds is 7. The highest BCUT2D eigenvalue weighted by Gasteiger charge is 2.31. The van der Waals surface area contributed by atoms with Gasteiger partial charge in [-0.3, -0.25) is 9.59 Å². The molecule has 9 nitrogen and oxygen atoms in total. The summed E-state index contributed by atoms with van der Waals surface area (Å²) in [6.07, 6.45) is -0.0919. The zero-order chi connectivity index (χ0) is 26.9. The molecule has 4 rings (SSSR count). The zero-order valence-corrected chi connectivity index (χ0v) is 19.9. The van der Waals surface area contributed by atoms with Gasteiger partial charge < -0.3 is 25.3 Å². The molecule has 2 heterocycles. The fraction of sp³-hybridized carbons (Fsp3) is 0.200. The molecule has 0 radical (unpaired) electrons. The van der Waals surface area contributed by atoms with Gasteiger partial charge in [0.2, 0.25) is 0 Å². The third-order valence-electron chi connectivity index (χ3n) is 5.79. The molecule has 0 aliphatic carbocycles. The fourth-order valence-corrected chi connectivity index (χ4v) is 3.88. The van der Waals surface area contributed by atoms with Crippen molar-refractivity contribution >= 4 is 17.5 Å². The number of nitrogens with zero attached hydrogens (tertiary/aromatic N) is 4. The Morgan fingerprint density at radius 3 is 2.54 bits per heavy atom. The molecule has 2 aromatic carbocycles. The van der Waals surface area contributed by atoms with Crippen molar-refractivity contribution in [2.75, 3.05) is 11.9 Å². The lowest BCUT2D eigenvalue weighted by Gasteiger charge is -2.14. The van der Waals surface area contributed by atoms with Gasteiger partial charge in [-0.15, -0.1) is 0 Å². The summed E-state index contributed by atoms with van der Waals surface area (Å²) in [7, 11) is 1.61. The Morgan fingerprint density at radius 1 is 1.14 bits per heavy atom. The minimum atomic E-state index is -4.65. The molecule has 192 valence electrons. The molecule has 0 aliphatic heterocycles. The van der Waals surface area contributed by atoms with Gasteiger partial charge in [-0.25, -0.2) is 9.97 Å². The normalized spacial score (nSPS) is 11.5. The highest BCUT2D eigenvalue weighted by molar-refractivity contribution is 6.05. The van der Waals surface area contributed by atoms with Crippen LogP contribution in [0, 0.1) is 6.92 Å². The van der Waals surface area contributed by atoms with Crippen LogP contribution in [0.25, 0.3) is 16.9 Å². The van der Waals surface area contributed by atoms with Crippen molar-refractivity contribution < 1.29 is 27.9 Å². The van der Waals surface area contributed by atoms with E-state index in [2.05, 4.69) is 15.3 Å². The molecule has 0 aliphatic rings. The molecule has 0 unspecified atom stereocenters. The van der Waals surface area contributed by atoms with Gasteiger partial charge >= 0.3 is 6.18 Å². The second-order valence-electron chi connectivity index (χ2n) is 8.39. The number of carbonyl (C=O) groups is 2. The van der Waals surface area contributed by atoms with Crippen molar-refractivity contribution in [3.63, 3.8) is 0 Å². The number of benzene rings is 2. The second-order valence-corrected chi connectivity index (χ2v) is 8.39. The maximum atomic E-state index is 13.6. The number of hydrogen-bond acceptors (Lipinski definition) is 5. The minimum Gasteiger partial charge on any atom is -0.396 e. The molecule has 0 fully saturated rings. The van der Waals surface area contributed by atoms with Gasteiger partial charge in [0, 0.05) is 48.8 Å². The van der Waals surface area contributed by atoms with E-state index in [4.69, 9.17) is 10.8 Å². The predicted octanol–water partition coefficient (Wildman–Crippen LogP) is 3.49. The number of anilines is 1. The molecule has 2 aromatic heterocycles. The number of primary amides is 1. The lowest BCUT2D eigenvalue weighted by Crippen LogP contribution is -2.17. The maximum Gasteiger partial charge on any atom is 0.416 e. The van der Waals surface area contributed by atoms with Gasteiger partial charge in [-0.2, -0.15) is 13.2 Å². The van der Waals surface area contributed by atoms with Crippen molar-refractivity contribution in [2.24, 2.45) is 12.8 Å². The molecule has 2 amide bonds. The Labute approximate surface area is 209 Å². The van der Waals surface area contributed by atoms with Crippen LogP contribution in [0.5, 0.6) is 0 Å². The standard InChI is InChI=1S/C25H23F3N6O3/c1-14-3-4-15(7-20(14)21-11-30-23(22(29)36)33(21)2)24(37)32-18-8-16(25(26,27)28)9-19(10-18)34-12-17(5-6-35)31-13-34/h3-4,7-13,35H,5-6H2,1-2H3,(H2,29,36)(H,32,37). The molecule has 4 aromatic rings. The van der Waals surface area contributed by atoms with Crippen molar-refractivity contribution in [2.45, 2.75) is 19.5 Å². The lowest BCUT2D eigenvalue weighted by atomic mass is 10.0. The van der Waals surface area contributed by atoms with Crippen LogP contribution in [0.4, 0.5) is 18.9 Å². The van der Waals surface area contributed by atoms with Crippen molar-refractivity contribution in [3.05, 3.63) is 83.3 Å². The van der Waals surface area contributed by atoms with E-state index in [1.54, 1.807) is 25.2 Å². The van der Waals surface area contributed by atoms with Crippen LogP contribution in [0.2, 0.25) is 0 Å². The van der Waals surface area contributed by atoms with Gasteiger partial charge in [0.25, 0.3) is 11.8 Å². The molecule has 0 saturated heterocycles. The van der Waals surface area contributed by atoms with Crippen LogP contribution in [0.3, 0.4) is 0 Å². The molecule has 0 spiro atoms. The number of nitrogens with one attached hydrogen (secondary N) is 1. The Morgan fingerprint density at radius 2 is 1.89 bits per heavy atom. The average Bonchev–Trinajstić information content (AvgIpc) is 3.45. The SMILES string of the molecule is Cc1ccc(C(=O)Nc2cc(-n3cnc(CCO)c3)cc(C(F)(F)F)c2)cc1-c1cnc(C(N)=O)n1C. The zero-order valence-electron chi connectivity index (χ0n) is 19.9. The summed E-state index contributed by atoms with van der Waals surface area (Å²) in [6, 6.07) is 7.99. The number of carbonyl (C=O) groups excluding carboxylic acids is 2. The highest BCUT2D eigenvalue weighted by atomic mass is 19.4. The van der Waals surface area contributed by atoms with Gasteiger partial charge in [-0.1, -0.05) is 6.07 Å². The topological polar surface area (TPSA) is 128 Å². The number of nitrogens with two attached hydrogens (primary N) is 1. The number of alkyl halides is 3. The van der Waals surface area contributed by atoms with Gasteiger partial charge in [0.15, 0.2) is 5.82 Å². The molecule has 37 heavy (non-hydrogen) atoms. The smallest absolute Gasteiger partial charge is 0.396 e. The molecule has 0 atom stereocenters. The monoisotopic (exact) mass is 512 g/mol. The summed E-state index contributed by atoms with van der Waals surface area (Å²) in [5.41, 5.74) is 7.10. The van der Waals surface area contributed by atoms with Crippen LogP contribution >= 0.6 is 0 Å². The Hall–Kier alpha value is -4.45. The van der Waals surface area contributed by atoms with E-state index in [1.165, 1.54) is 33.9 Å². The van der Waals surface area contributed by atoms with Crippen LogP contribution in [0.1, 0.15) is 37.8 Å². The molecule has 4 N–H and O–H groups in total.